The average molecular weight is 267 g/mol. The summed E-state index contributed by atoms with van der Waals surface area (Å²) >= 11 is 0. The Bertz CT molecular complexity index is 212. The van der Waals surface area contributed by atoms with Crippen molar-refractivity contribution in [2.45, 2.75) is 105 Å². The molecule has 1 unspecified atom stereocenters. The van der Waals surface area contributed by atoms with Gasteiger partial charge in [0, 0.05) is 0 Å². The van der Waals surface area contributed by atoms with Gasteiger partial charge in [-0.25, -0.2) is 0 Å². The molecule has 0 heterocycles. The summed E-state index contributed by atoms with van der Waals surface area (Å²) in [6.45, 7) is 9.71. The third-order valence-corrected chi connectivity index (χ3v) is 5.88. The van der Waals surface area contributed by atoms with Gasteiger partial charge >= 0.3 is 0 Å². The summed E-state index contributed by atoms with van der Waals surface area (Å²) in [4.78, 5) is 0. The molecule has 0 heteroatoms. The summed E-state index contributed by atoms with van der Waals surface area (Å²) in [5.41, 5.74) is 0.654. The summed E-state index contributed by atoms with van der Waals surface area (Å²) in [6, 6.07) is 0. The van der Waals surface area contributed by atoms with Crippen LogP contribution >= 0.6 is 0 Å². The van der Waals surface area contributed by atoms with E-state index in [-0.39, 0.29) is 0 Å². The van der Waals surface area contributed by atoms with E-state index in [4.69, 9.17) is 0 Å². The topological polar surface area (TPSA) is 0 Å². The molecule has 1 aliphatic carbocycles. The molecule has 0 saturated heterocycles. The van der Waals surface area contributed by atoms with E-state index in [1.165, 1.54) is 77.0 Å². The van der Waals surface area contributed by atoms with Crippen LogP contribution < -0.4 is 0 Å². The summed E-state index contributed by atoms with van der Waals surface area (Å²) < 4.78 is 0. The van der Waals surface area contributed by atoms with Crippen molar-refractivity contribution >= 4 is 0 Å². The van der Waals surface area contributed by atoms with Gasteiger partial charge in [-0.1, -0.05) is 91.9 Å². The highest BCUT2D eigenvalue weighted by molar-refractivity contribution is 4.85. The van der Waals surface area contributed by atoms with Crippen LogP contribution in [0.5, 0.6) is 0 Å². The first-order valence-corrected chi connectivity index (χ1v) is 9.14. The van der Waals surface area contributed by atoms with Gasteiger partial charge in [-0.15, -0.1) is 0 Å². The third-order valence-electron chi connectivity index (χ3n) is 5.88. The van der Waals surface area contributed by atoms with Crippen LogP contribution in [0.2, 0.25) is 0 Å². The van der Waals surface area contributed by atoms with Crippen molar-refractivity contribution in [1.29, 1.82) is 0 Å². The molecule has 114 valence electrons. The third kappa shape index (κ3) is 5.48. The molecule has 1 aliphatic rings. The molecular formula is C19H38. The van der Waals surface area contributed by atoms with Crippen LogP contribution in [0.15, 0.2) is 0 Å². The maximum absolute atomic E-state index is 2.48. The first-order valence-electron chi connectivity index (χ1n) is 9.14. The van der Waals surface area contributed by atoms with E-state index in [0.717, 1.165) is 11.8 Å². The van der Waals surface area contributed by atoms with Gasteiger partial charge < -0.3 is 0 Å². The van der Waals surface area contributed by atoms with Gasteiger partial charge in [0.2, 0.25) is 0 Å². The van der Waals surface area contributed by atoms with Gasteiger partial charge in [-0.2, -0.15) is 0 Å². The van der Waals surface area contributed by atoms with E-state index < -0.39 is 0 Å². The second-order valence-electron chi connectivity index (χ2n) is 7.39. The van der Waals surface area contributed by atoms with Crippen molar-refractivity contribution in [3.8, 4) is 0 Å². The predicted molar refractivity (Wildman–Crippen MR) is 87.5 cm³/mol. The van der Waals surface area contributed by atoms with Gasteiger partial charge in [0.1, 0.15) is 0 Å². The number of hydrogen-bond donors (Lipinski definition) is 0. The maximum Gasteiger partial charge on any atom is -0.0274 e. The zero-order valence-electron chi connectivity index (χ0n) is 14.1. The van der Waals surface area contributed by atoms with Gasteiger partial charge in [-0.3, -0.25) is 0 Å². The summed E-state index contributed by atoms with van der Waals surface area (Å²) in [7, 11) is 0. The van der Waals surface area contributed by atoms with Crippen molar-refractivity contribution in [2.24, 2.45) is 17.3 Å². The Kier molecular flexibility index (Phi) is 8.11. The number of rotatable bonds is 10. The molecule has 0 nitrogen and oxygen atoms in total. The Hall–Kier alpha value is 0. The quantitative estimate of drug-likeness (QED) is 0.374. The predicted octanol–water partition coefficient (Wildman–Crippen LogP) is 6.98. The van der Waals surface area contributed by atoms with E-state index in [0.29, 0.717) is 5.41 Å². The van der Waals surface area contributed by atoms with E-state index in [1.54, 1.807) is 0 Å². The SMILES string of the molecule is CCCCCCCC(CC)(CC1CCCC1)C(C)C. The highest BCUT2D eigenvalue weighted by Crippen LogP contribution is 2.46. The molecule has 0 spiro atoms. The van der Waals surface area contributed by atoms with E-state index >= 15 is 0 Å². The van der Waals surface area contributed by atoms with Crippen LogP contribution in [-0.2, 0) is 0 Å². The van der Waals surface area contributed by atoms with Crippen LogP contribution in [0, 0.1) is 17.3 Å². The van der Waals surface area contributed by atoms with Gasteiger partial charge in [0.25, 0.3) is 0 Å². The van der Waals surface area contributed by atoms with Gasteiger partial charge in [0.05, 0.1) is 0 Å². The first-order chi connectivity index (χ1) is 9.14. The van der Waals surface area contributed by atoms with E-state index in [2.05, 4.69) is 27.7 Å². The molecule has 0 aromatic heterocycles. The van der Waals surface area contributed by atoms with Crippen LogP contribution in [0.3, 0.4) is 0 Å². The van der Waals surface area contributed by atoms with Crippen LogP contribution in [0.4, 0.5) is 0 Å². The van der Waals surface area contributed by atoms with E-state index in [9.17, 15) is 0 Å². The fourth-order valence-corrected chi connectivity index (χ4v) is 4.23. The van der Waals surface area contributed by atoms with Crippen molar-refractivity contribution in [2.75, 3.05) is 0 Å². The monoisotopic (exact) mass is 266 g/mol. The summed E-state index contributed by atoms with van der Waals surface area (Å²) in [6.07, 6.45) is 17.6. The normalized spacial score (nSPS) is 20.1. The molecule has 1 atom stereocenters. The van der Waals surface area contributed by atoms with Crippen LogP contribution in [-0.4, -0.2) is 0 Å². The molecule has 0 radical (unpaired) electrons. The van der Waals surface area contributed by atoms with Crippen molar-refractivity contribution in [1.82, 2.24) is 0 Å². The highest BCUT2D eigenvalue weighted by atomic mass is 14.4. The number of unbranched alkanes of at least 4 members (excludes halogenated alkanes) is 4. The Labute approximate surface area is 122 Å². The molecule has 0 bridgehead atoms. The lowest BCUT2D eigenvalue weighted by atomic mass is 9.66. The Morgan fingerprint density at radius 3 is 2.11 bits per heavy atom. The molecule has 1 rings (SSSR count). The zero-order valence-corrected chi connectivity index (χ0v) is 14.1. The van der Waals surface area contributed by atoms with Crippen LogP contribution in [0.1, 0.15) is 105 Å². The molecular weight excluding hydrogens is 228 g/mol. The minimum absolute atomic E-state index is 0.654. The molecule has 1 saturated carbocycles. The minimum Gasteiger partial charge on any atom is -0.0654 e. The molecule has 0 aliphatic heterocycles. The first kappa shape index (κ1) is 17.1. The molecule has 19 heavy (non-hydrogen) atoms. The summed E-state index contributed by atoms with van der Waals surface area (Å²) in [5, 5.41) is 0. The second-order valence-corrected chi connectivity index (χ2v) is 7.39. The Balaban J connectivity index is 2.43. The molecule has 0 N–H and O–H groups in total. The lowest BCUT2D eigenvalue weighted by molar-refractivity contribution is 0.113. The smallest absolute Gasteiger partial charge is 0.0274 e. The number of hydrogen-bond acceptors (Lipinski definition) is 0. The molecule has 0 amide bonds. The fraction of sp³-hybridized carbons (Fsp3) is 1.00. The van der Waals surface area contributed by atoms with Crippen molar-refractivity contribution in [3.63, 3.8) is 0 Å². The van der Waals surface area contributed by atoms with Gasteiger partial charge in [-0.05, 0) is 30.1 Å². The lowest BCUT2D eigenvalue weighted by Gasteiger charge is -2.39. The average Bonchev–Trinajstić information content (AvgIpc) is 2.89. The Morgan fingerprint density at radius 2 is 1.58 bits per heavy atom. The lowest BCUT2D eigenvalue weighted by Crippen LogP contribution is -2.29. The molecule has 0 aromatic rings. The fourth-order valence-electron chi connectivity index (χ4n) is 4.23. The van der Waals surface area contributed by atoms with E-state index in [1.807, 2.05) is 0 Å². The largest absolute Gasteiger partial charge is 0.0654 e. The highest BCUT2D eigenvalue weighted by Gasteiger charge is 2.34. The zero-order chi connectivity index (χ0) is 14.1. The van der Waals surface area contributed by atoms with Crippen molar-refractivity contribution < 1.29 is 0 Å². The Morgan fingerprint density at radius 1 is 0.947 bits per heavy atom. The van der Waals surface area contributed by atoms with Crippen LogP contribution in [0.25, 0.3) is 0 Å². The van der Waals surface area contributed by atoms with Crippen molar-refractivity contribution in [3.05, 3.63) is 0 Å². The molecule has 1 fully saturated rings. The van der Waals surface area contributed by atoms with Gasteiger partial charge in [0.15, 0.2) is 0 Å². The maximum atomic E-state index is 2.48. The minimum atomic E-state index is 0.654. The standard InChI is InChI=1S/C19H38/c1-5-7-8-9-12-15-19(6-2,17(3)4)16-18-13-10-11-14-18/h17-18H,5-16H2,1-4H3. The summed E-state index contributed by atoms with van der Waals surface area (Å²) in [5.74, 6) is 1.92. The second kappa shape index (κ2) is 9.03. The molecule has 0 aromatic carbocycles.